The van der Waals surface area contributed by atoms with Crippen LogP contribution in [0.15, 0.2) is 18.2 Å². The lowest BCUT2D eigenvalue weighted by atomic mass is 9.97. The summed E-state index contributed by atoms with van der Waals surface area (Å²) in [5.41, 5.74) is 1.84. The highest BCUT2D eigenvalue weighted by Gasteiger charge is 2.36. The summed E-state index contributed by atoms with van der Waals surface area (Å²) in [6.07, 6.45) is -0.294. The monoisotopic (exact) mass is 519 g/mol. The van der Waals surface area contributed by atoms with Gasteiger partial charge >= 0.3 is 12.1 Å². The van der Waals surface area contributed by atoms with Crippen LogP contribution in [0.1, 0.15) is 84.0 Å². The van der Waals surface area contributed by atoms with E-state index in [4.69, 9.17) is 9.47 Å². The van der Waals surface area contributed by atoms with Crippen molar-refractivity contribution >= 4 is 23.9 Å². The van der Waals surface area contributed by atoms with Crippen LogP contribution in [0.2, 0.25) is 0 Å². The second kappa shape index (κ2) is 14.6. The fourth-order valence-electron chi connectivity index (χ4n) is 4.07. The number of aryl methyl sites for hydroxylation is 2. The molecule has 3 amide bonds. The number of hydrogen-bond acceptors (Lipinski definition) is 6. The highest BCUT2D eigenvalue weighted by atomic mass is 16.6. The summed E-state index contributed by atoms with van der Waals surface area (Å²) in [7, 11) is 0. The normalized spacial score (nSPS) is 12.9. The van der Waals surface area contributed by atoms with Crippen molar-refractivity contribution in [3.63, 3.8) is 0 Å². The fraction of sp³-hybridized carbons (Fsp3) is 0.643. The van der Waals surface area contributed by atoms with Gasteiger partial charge in [-0.2, -0.15) is 0 Å². The Labute approximate surface area is 221 Å². The predicted molar refractivity (Wildman–Crippen MR) is 143 cm³/mol. The molecule has 0 aliphatic rings. The Hall–Kier alpha value is -3.10. The third-order valence-electron chi connectivity index (χ3n) is 5.37. The number of rotatable bonds is 12. The Bertz CT molecular complexity index is 918. The molecule has 2 N–H and O–H groups in total. The standard InChI is InChI=1S/C28H45N3O6/c1-10-31(26(34)22(14-18(3)4)30-27(35)37-28(7,8)9)24(21-16-19(5)15-20(6)17-21)25(33)29-13-12-23(32)36-11-2/h15-18,22,24H,10-14H2,1-9H3,(H,29,33)(H,30,35). The molecule has 1 rings (SSSR count). The molecule has 0 aromatic heterocycles. The predicted octanol–water partition coefficient (Wildman–Crippen LogP) is 4.20. The number of alkyl carbamates (subject to hydrolysis) is 1. The summed E-state index contributed by atoms with van der Waals surface area (Å²) in [4.78, 5) is 53.2. The molecular formula is C28H45N3O6. The molecule has 0 saturated heterocycles. The molecule has 9 nitrogen and oxygen atoms in total. The molecule has 208 valence electrons. The number of carbonyl (C=O) groups excluding carboxylic acids is 4. The Balaban J connectivity index is 3.34. The molecule has 2 unspecified atom stereocenters. The maximum atomic E-state index is 13.9. The molecule has 0 aliphatic heterocycles. The van der Waals surface area contributed by atoms with Crippen LogP contribution in [-0.4, -0.2) is 60.1 Å². The minimum Gasteiger partial charge on any atom is -0.466 e. The summed E-state index contributed by atoms with van der Waals surface area (Å²) in [6.45, 7) is 17.1. The molecule has 0 spiro atoms. The molecule has 1 aromatic rings. The van der Waals surface area contributed by atoms with Crippen LogP contribution in [0.4, 0.5) is 4.79 Å². The van der Waals surface area contributed by atoms with Crippen LogP contribution in [-0.2, 0) is 23.9 Å². The van der Waals surface area contributed by atoms with E-state index in [9.17, 15) is 19.2 Å². The first kappa shape index (κ1) is 31.9. The molecular weight excluding hydrogens is 474 g/mol. The molecule has 1 aromatic carbocycles. The lowest BCUT2D eigenvalue weighted by molar-refractivity contribution is -0.144. The quantitative estimate of drug-likeness (QED) is 0.400. The minimum atomic E-state index is -0.951. The van der Waals surface area contributed by atoms with Gasteiger partial charge in [0.2, 0.25) is 11.8 Å². The number of esters is 1. The van der Waals surface area contributed by atoms with Crippen molar-refractivity contribution in [1.82, 2.24) is 15.5 Å². The minimum absolute atomic E-state index is 0.0232. The van der Waals surface area contributed by atoms with Crippen molar-refractivity contribution in [2.24, 2.45) is 5.92 Å². The van der Waals surface area contributed by atoms with Crippen molar-refractivity contribution in [2.45, 2.75) is 92.8 Å². The van der Waals surface area contributed by atoms with Gasteiger partial charge in [-0.1, -0.05) is 43.2 Å². The Morgan fingerprint density at radius 3 is 2.08 bits per heavy atom. The van der Waals surface area contributed by atoms with Gasteiger partial charge in [0.05, 0.1) is 13.0 Å². The van der Waals surface area contributed by atoms with Crippen LogP contribution in [0.25, 0.3) is 0 Å². The van der Waals surface area contributed by atoms with E-state index >= 15 is 0 Å². The van der Waals surface area contributed by atoms with Crippen molar-refractivity contribution in [2.75, 3.05) is 19.7 Å². The smallest absolute Gasteiger partial charge is 0.408 e. The maximum absolute atomic E-state index is 13.9. The molecule has 0 heterocycles. The molecule has 0 bridgehead atoms. The first-order valence-electron chi connectivity index (χ1n) is 13.0. The molecule has 0 radical (unpaired) electrons. The summed E-state index contributed by atoms with van der Waals surface area (Å²) in [5.74, 6) is -1.11. The van der Waals surface area contributed by atoms with Gasteiger partial charge in [-0.25, -0.2) is 4.79 Å². The topological polar surface area (TPSA) is 114 Å². The van der Waals surface area contributed by atoms with E-state index in [1.54, 1.807) is 34.6 Å². The number of benzene rings is 1. The van der Waals surface area contributed by atoms with E-state index in [-0.39, 0.29) is 37.9 Å². The number of ether oxygens (including phenoxy) is 2. The van der Waals surface area contributed by atoms with Gasteiger partial charge in [0.15, 0.2) is 0 Å². The van der Waals surface area contributed by atoms with Crippen LogP contribution in [0.5, 0.6) is 0 Å². The Kier molecular flexibility index (Phi) is 12.6. The van der Waals surface area contributed by atoms with Crippen LogP contribution in [0.3, 0.4) is 0 Å². The van der Waals surface area contributed by atoms with E-state index < -0.39 is 35.7 Å². The van der Waals surface area contributed by atoms with Crippen LogP contribution >= 0.6 is 0 Å². The number of amides is 3. The van der Waals surface area contributed by atoms with Gasteiger partial charge in [0.1, 0.15) is 17.7 Å². The fourth-order valence-corrected chi connectivity index (χ4v) is 4.07. The van der Waals surface area contributed by atoms with E-state index in [2.05, 4.69) is 10.6 Å². The van der Waals surface area contributed by atoms with Gasteiger partial charge in [-0.15, -0.1) is 0 Å². The second-order valence-corrected chi connectivity index (χ2v) is 10.6. The van der Waals surface area contributed by atoms with E-state index in [1.165, 1.54) is 4.90 Å². The van der Waals surface area contributed by atoms with E-state index in [0.717, 1.165) is 11.1 Å². The maximum Gasteiger partial charge on any atom is 0.408 e. The van der Waals surface area contributed by atoms with Crippen LogP contribution < -0.4 is 10.6 Å². The van der Waals surface area contributed by atoms with Gasteiger partial charge in [-0.05, 0) is 66.4 Å². The summed E-state index contributed by atoms with van der Waals surface area (Å²) in [6, 6.07) is 3.90. The van der Waals surface area contributed by atoms with Gasteiger partial charge in [-0.3, -0.25) is 14.4 Å². The number of hydrogen-bond donors (Lipinski definition) is 2. The second-order valence-electron chi connectivity index (χ2n) is 10.6. The summed E-state index contributed by atoms with van der Waals surface area (Å²) < 4.78 is 10.3. The lowest BCUT2D eigenvalue weighted by Crippen LogP contribution is -2.53. The molecule has 2 atom stereocenters. The van der Waals surface area contributed by atoms with E-state index in [0.29, 0.717) is 12.0 Å². The molecule has 0 fully saturated rings. The van der Waals surface area contributed by atoms with Gasteiger partial charge in [0.25, 0.3) is 0 Å². The highest BCUT2D eigenvalue weighted by molar-refractivity contribution is 5.92. The average molecular weight is 520 g/mol. The van der Waals surface area contributed by atoms with Gasteiger partial charge < -0.3 is 25.0 Å². The van der Waals surface area contributed by atoms with Crippen LogP contribution in [0, 0.1) is 19.8 Å². The first-order chi connectivity index (χ1) is 17.2. The third-order valence-corrected chi connectivity index (χ3v) is 5.37. The summed E-state index contributed by atoms with van der Waals surface area (Å²) in [5, 5.41) is 5.50. The average Bonchev–Trinajstić information content (AvgIpc) is 2.74. The van der Waals surface area contributed by atoms with Crippen molar-refractivity contribution in [1.29, 1.82) is 0 Å². The first-order valence-corrected chi connectivity index (χ1v) is 13.0. The zero-order valence-electron chi connectivity index (χ0n) is 23.9. The summed E-state index contributed by atoms with van der Waals surface area (Å²) >= 11 is 0. The third kappa shape index (κ3) is 11.2. The highest BCUT2D eigenvalue weighted by Crippen LogP contribution is 2.25. The van der Waals surface area contributed by atoms with E-state index in [1.807, 2.05) is 45.9 Å². The molecule has 0 aliphatic carbocycles. The Morgan fingerprint density at radius 1 is 1.00 bits per heavy atom. The largest absolute Gasteiger partial charge is 0.466 e. The zero-order valence-corrected chi connectivity index (χ0v) is 23.9. The number of nitrogens with zero attached hydrogens (tertiary/aromatic N) is 1. The number of nitrogens with one attached hydrogen (secondary N) is 2. The zero-order chi connectivity index (χ0) is 28.3. The van der Waals surface area contributed by atoms with Crippen molar-refractivity contribution in [3.05, 3.63) is 34.9 Å². The molecule has 37 heavy (non-hydrogen) atoms. The lowest BCUT2D eigenvalue weighted by Gasteiger charge is -2.34. The van der Waals surface area contributed by atoms with Gasteiger partial charge in [0, 0.05) is 13.1 Å². The Morgan fingerprint density at radius 2 is 1.59 bits per heavy atom. The van der Waals surface area contributed by atoms with Crippen molar-refractivity contribution < 1.29 is 28.7 Å². The molecule has 0 saturated carbocycles. The number of carbonyl (C=O) groups is 4. The number of likely N-dealkylation sites (N-methyl/N-ethyl adjacent to an activating group) is 1. The molecule has 9 heteroatoms. The SMILES string of the molecule is CCOC(=O)CCNC(=O)C(c1cc(C)cc(C)c1)N(CC)C(=O)C(CC(C)C)NC(=O)OC(C)(C)C. The van der Waals surface area contributed by atoms with Crippen molar-refractivity contribution in [3.8, 4) is 0 Å².